The van der Waals surface area contributed by atoms with Gasteiger partial charge in [0.25, 0.3) is 0 Å². The molecule has 1 aromatic rings. The first-order valence-corrected chi connectivity index (χ1v) is 5.08. The van der Waals surface area contributed by atoms with Crippen LogP contribution in [0.4, 0.5) is 10.5 Å². The highest BCUT2D eigenvalue weighted by atomic mass is 79.9. The van der Waals surface area contributed by atoms with E-state index >= 15 is 0 Å². The molecular weight excluding hydrogens is 244 g/mol. The van der Waals surface area contributed by atoms with E-state index in [0.29, 0.717) is 6.54 Å². The maximum Gasteiger partial charge on any atom is 0.348 e. The number of amides is 2. The standard InChI is InChI=1S/C10H9BrN2O/c1-7-8(11)3-2-4-9(7)13-6-5-12-10(13)14/h2-5H,6H2,1H3. The Balaban J connectivity index is 2.42. The summed E-state index contributed by atoms with van der Waals surface area (Å²) >= 11 is 3.43. The number of halogens is 1. The number of hydrogen-bond donors (Lipinski definition) is 0. The first kappa shape index (κ1) is 9.40. The summed E-state index contributed by atoms with van der Waals surface area (Å²) in [5.41, 5.74) is 1.98. The Morgan fingerprint density at radius 1 is 1.50 bits per heavy atom. The second kappa shape index (κ2) is 3.53. The Labute approximate surface area is 90.6 Å². The fourth-order valence-electron chi connectivity index (χ4n) is 1.44. The van der Waals surface area contributed by atoms with Gasteiger partial charge in [-0.05, 0) is 24.6 Å². The molecular formula is C10H9BrN2O. The number of nitrogens with zero attached hydrogens (tertiary/aromatic N) is 2. The minimum Gasteiger partial charge on any atom is -0.287 e. The van der Waals surface area contributed by atoms with Gasteiger partial charge in [-0.2, -0.15) is 0 Å². The summed E-state index contributed by atoms with van der Waals surface area (Å²) in [4.78, 5) is 16.7. The Morgan fingerprint density at radius 3 is 2.93 bits per heavy atom. The second-order valence-electron chi connectivity index (χ2n) is 3.09. The lowest BCUT2D eigenvalue weighted by atomic mass is 10.2. The van der Waals surface area contributed by atoms with Crippen LogP contribution < -0.4 is 4.90 Å². The fraction of sp³-hybridized carbons (Fsp3) is 0.200. The van der Waals surface area contributed by atoms with Crippen molar-refractivity contribution in [1.29, 1.82) is 0 Å². The lowest BCUT2D eigenvalue weighted by Gasteiger charge is -2.17. The van der Waals surface area contributed by atoms with Crippen LogP contribution in [0.3, 0.4) is 0 Å². The second-order valence-corrected chi connectivity index (χ2v) is 3.94. The van der Waals surface area contributed by atoms with Crippen molar-refractivity contribution in [3.05, 3.63) is 28.2 Å². The first-order valence-electron chi connectivity index (χ1n) is 4.29. The van der Waals surface area contributed by atoms with Crippen molar-refractivity contribution in [2.45, 2.75) is 6.92 Å². The third-order valence-electron chi connectivity index (χ3n) is 2.23. The van der Waals surface area contributed by atoms with Crippen LogP contribution in [-0.4, -0.2) is 18.8 Å². The van der Waals surface area contributed by atoms with Gasteiger partial charge in [-0.1, -0.05) is 22.0 Å². The highest BCUT2D eigenvalue weighted by Gasteiger charge is 2.20. The maximum absolute atomic E-state index is 11.4. The molecule has 1 aliphatic heterocycles. The molecule has 14 heavy (non-hydrogen) atoms. The molecule has 2 amide bonds. The Hall–Kier alpha value is -1.16. The van der Waals surface area contributed by atoms with E-state index in [2.05, 4.69) is 20.9 Å². The number of aliphatic imine (C=N–C) groups is 1. The van der Waals surface area contributed by atoms with E-state index in [9.17, 15) is 4.79 Å². The molecule has 0 unspecified atom stereocenters. The average Bonchev–Trinajstić information content (AvgIpc) is 2.57. The summed E-state index contributed by atoms with van der Waals surface area (Å²) in [6, 6.07) is 5.61. The quantitative estimate of drug-likeness (QED) is 0.757. The lowest BCUT2D eigenvalue weighted by Crippen LogP contribution is -2.24. The Bertz CT molecular complexity index is 415. The smallest absolute Gasteiger partial charge is 0.287 e. The predicted octanol–water partition coefficient (Wildman–Crippen LogP) is 2.77. The van der Waals surface area contributed by atoms with Crippen molar-refractivity contribution >= 4 is 33.9 Å². The van der Waals surface area contributed by atoms with Crippen LogP contribution in [0.25, 0.3) is 0 Å². The highest BCUT2D eigenvalue weighted by molar-refractivity contribution is 9.10. The summed E-state index contributed by atoms with van der Waals surface area (Å²) in [6.45, 7) is 2.54. The van der Waals surface area contributed by atoms with Crippen LogP contribution in [-0.2, 0) is 0 Å². The summed E-state index contributed by atoms with van der Waals surface area (Å²) in [6.07, 6.45) is 1.63. The van der Waals surface area contributed by atoms with Gasteiger partial charge in [0, 0.05) is 16.4 Å². The average molecular weight is 253 g/mol. The largest absolute Gasteiger partial charge is 0.348 e. The number of carbonyl (C=O) groups is 1. The minimum atomic E-state index is -0.189. The molecule has 4 heteroatoms. The molecule has 0 fully saturated rings. The van der Waals surface area contributed by atoms with E-state index in [1.165, 1.54) is 0 Å². The van der Waals surface area contributed by atoms with Crippen molar-refractivity contribution in [1.82, 2.24) is 0 Å². The van der Waals surface area contributed by atoms with Crippen LogP contribution in [0.1, 0.15) is 5.56 Å². The SMILES string of the molecule is Cc1c(Br)cccc1N1CC=NC1=O. The normalized spacial score (nSPS) is 15.3. The number of carbonyl (C=O) groups excluding carboxylic acids is 1. The molecule has 0 spiro atoms. The molecule has 0 saturated heterocycles. The number of hydrogen-bond acceptors (Lipinski definition) is 1. The van der Waals surface area contributed by atoms with Crippen LogP contribution in [0.5, 0.6) is 0 Å². The van der Waals surface area contributed by atoms with Gasteiger partial charge in [0.2, 0.25) is 0 Å². The molecule has 1 aliphatic rings. The van der Waals surface area contributed by atoms with Crippen LogP contribution in [0, 0.1) is 6.92 Å². The number of urea groups is 1. The van der Waals surface area contributed by atoms with Crippen LogP contribution in [0.2, 0.25) is 0 Å². The molecule has 2 rings (SSSR count). The minimum absolute atomic E-state index is 0.189. The molecule has 3 nitrogen and oxygen atoms in total. The van der Waals surface area contributed by atoms with Gasteiger partial charge >= 0.3 is 6.03 Å². The monoisotopic (exact) mass is 252 g/mol. The highest BCUT2D eigenvalue weighted by Crippen LogP contribution is 2.27. The Kier molecular flexibility index (Phi) is 2.37. The lowest BCUT2D eigenvalue weighted by molar-refractivity contribution is 0.256. The van der Waals surface area contributed by atoms with Crippen LogP contribution in [0.15, 0.2) is 27.7 Å². The molecule has 1 heterocycles. The van der Waals surface area contributed by atoms with Gasteiger partial charge in [-0.25, -0.2) is 9.79 Å². The molecule has 0 aromatic heterocycles. The third kappa shape index (κ3) is 1.46. The van der Waals surface area contributed by atoms with Crippen molar-refractivity contribution in [3.63, 3.8) is 0 Å². The van der Waals surface area contributed by atoms with E-state index in [1.807, 2.05) is 25.1 Å². The van der Waals surface area contributed by atoms with Crippen molar-refractivity contribution in [3.8, 4) is 0 Å². The van der Waals surface area contributed by atoms with Gasteiger partial charge in [0.15, 0.2) is 0 Å². The molecule has 0 atom stereocenters. The van der Waals surface area contributed by atoms with E-state index < -0.39 is 0 Å². The van der Waals surface area contributed by atoms with Crippen molar-refractivity contribution in [2.24, 2.45) is 4.99 Å². The summed E-state index contributed by atoms with van der Waals surface area (Å²) in [7, 11) is 0. The zero-order valence-corrected chi connectivity index (χ0v) is 9.28. The molecule has 0 saturated carbocycles. The van der Waals surface area contributed by atoms with Crippen molar-refractivity contribution < 1.29 is 4.79 Å². The van der Waals surface area contributed by atoms with Crippen molar-refractivity contribution in [2.75, 3.05) is 11.4 Å². The number of anilines is 1. The molecule has 1 aromatic carbocycles. The molecule has 0 aliphatic carbocycles. The summed E-state index contributed by atoms with van der Waals surface area (Å²) in [5.74, 6) is 0. The van der Waals surface area contributed by atoms with Gasteiger partial charge in [0.1, 0.15) is 0 Å². The summed E-state index contributed by atoms with van der Waals surface area (Å²) in [5, 5.41) is 0. The zero-order valence-electron chi connectivity index (χ0n) is 7.70. The first-order chi connectivity index (χ1) is 6.70. The molecule has 0 radical (unpaired) electrons. The topological polar surface area (TPSA) is 32.7 Å². The molecule has 0 N–H and O–H groups in total. The van der Waals surface area contributed by atoms with Crippen LogP contribution >= 0.6 is 15.9 Å². The van der Waals surface area contributed by atoms with E-state index in [0.717, 1.165) is 15.7 Å². The third-order valence-corrected chi connectivity index (χ3v) is 3.09. The van der Waals surface area contributed by atoms with E-state index in [4.69, 9.17) is 0 Å². The fourth-order valence-corrected chi connectivity index (χ4v) is 1.79. The van der Waals surface area contributed by atoms with E-state index in [1.54, 1.807) is 11.1 Å². The van der Waals surface area contributed by atoms with E-state index in [-0.39, 0.29) is 6.03 Å². The maximum atomic E-state index is 11.4. The van der Waals surface area contributed by atoms with Gasteiger partial charge in [0.05, 0.1) is 6.54 Å². The predicted molar refractivity (Wildman–Crippen MR) is 60.1 cm³/mol. The van der Waals surface area contributed by atoms with Gasteiger partial charge in [-0.15, -0.1) is 0 Å². The zero-order chi connectivity index (χ0) is 10.1. The van der Waals surface area contributed by atoms with Gasteiger partial charge in [-0.3, -0.25) is 4.90 Å². The number of rotatable bonds is 1. The van der Waals surface area contributed by atoms with Gasteiger partial charge < -0.3 is 0 Å². The number of benzene rings is 1. The molecule has 0 bridgehead atoms. The molecule has 72 valence electrons. The summed E-state index contributed by atoms with van der Waals surface area (Å²) < 4.78 is 1.01. The Morgan fingerprint density at radius 2 is 2.29 bits per heavy atom.